The van der Waals surface area contributed by atoms with E-state index in [0.717, 1.165) is 38.2 Å². The minimum Gasteiger partial charge on any atom is -0.330 e. The lowest BCUT2D eigenvalue weighted by Gasteiger charge is -2.31. The number of hydrogen-bond donors (Lipinski definition) is 2. The van der Waals surface area contributed by atoms with Gasteiger partial charge >= 0.3 is 0 Å². The van der Waals surface area contributed by atoms with Crippen LogP contribution in [-0.4, -0.2) is 42.0 Å². The lowest BCUT2D eigenvalue weighted by Crippen LogP contribution is -2.40. The van der Waals surface area contributed by atoms with Gasteiger partial charge in [0.25, 0.3) is 0 Å². The molecule has 5 nitrogen and oxygen atoms in total. The molecule has 3 N–H and O–H groups in total. The van der Waals surface area contributed by atoms with E-state index >= 15 is 0 Å². The maximum atomic E-state index is 11.9. The zero-order valence-electron chi connectivity index (χ0n) is 11.8. The summed E-state index contributed by atoms with van der Waals surface area (Å²) < 4.78 is 0. The molecular formula is C13H23ClN4OS. The molecule has 1 aromatic heterocycles. The van der Waals surface area contributed by atoms with E-state index < -0.39 is 0 Å². The molecule has 0 saturated carbocycles. The topological polar surface area (TPSA) is 71.2 Å². The number of amides is 1. The number of hydrogen-bond acceptors (Lipinski definition) is 5. The molecule has 1 atom stereocenters. The molecule has 1 aliphatic rings. The first-order valence-electron chi connectivity index (χ1n) is 6.82. The lowest BCUT2D eigenvalue weighted by molar-refractivity contribution is -0.117. The molecule has 0 radical (unpaired) electrons. The monoisotopic (exact) mass is 318 g/mol. The minimum absolute atomic E-state index is 0. The van der Waals surface area contributed by atoms with Crippen LogP contribution in [0.4, 0.5) is 5.13 Å². The molecule has 114 valence electrons. The van der Waals surface area contributed by atoms with Crippen molar-refractivity contribution in [2.24, 2.45) is 11.7 Å². The summed E-state index contributed by atoms with van der Waals surface area (Å²) in [4.78, 5) is 18.4. The van der Waals surface area contributed by atoms with Gasteiger partial charge in [0.15, 0.2) is 5.13 Å². The van der Waals surface area contributed by atoms with Gasteiger partial charge in [0.05, 0.1) is 12.2 Å². The Balaban J connectivity index is 0.00000200. The molecule has 1 amide bonds. The summed E-state index contributed by atoms with van der Waals surface area (Å²) in [7, 11) is 0. The molecular weight excluding hydrogens is 296 g/mol. The second kappa shape index (κ2) is 8.56. The van der Waals surface area contributed by atoms with E-state index in [-0.39, 0.29) is 18.3 Å². The molecule has 0 spiro atoms. The van der Waals surface area contributed by atoms with E-state index in [0.29, 0.717) is 17.6 Å². The Hall–Kier alpha value is -0.690. The lowest BCUT2D eigenvalue weighted by atomic mass is 9.95. The first kappa shape index (κ1) is 17.4. The van der Waals surface area contributed by atoms with Crippen LogP contribution in [-0.2, 0) is 4.79 Å². The van der Waals surface area contributed by atoms with Gasteiger partial charge in [-0.25, -0.2) is 4.98 Å². The molecule has 1 unspecified atom stereocenters. The van der Waals surface area contributed by atoms with Crippen molar-refractivity contribution in [2.45, 2.75) is 26.2 Å². The molecule has 2 heterocycles. The van der Waals surface area contributed by atoms with Crippen LogP contribution < -0.4 is 11.1 Å². The molecule has 0 bridgehead atoms. The predicted octanol–water partition coefficient (Wildman–Crippen LogP) is 1.87. The van der Waals surface area contributed by atoms with E-state index in [4.69, 9.17) is 5.73 Å². The van der Waals surface area contributed by atoms with E-state index in [1.54, 1.807) is 0 Å². The molecule has 1 saturated heterocycles. The van der Waals surface area contributed by atoms with E-state index in [1.807, 2.05) is 12.3 Å². The highest BCUT2D eigenvalue weighted by Gasteiger charge is 2.21. The molecule has 7 heteroatoms. The summed E-state index contributed by atoms with van der Waals surface area (Å²) in [5, 5.41) is 5.49. The number of carbonyl (C=O) groups excluding carboxylic acids is 1. The van der Waals surface area contributed by atoms with Gasteiger partial charge in [0.2, 0.25) is 5.91 Å². The van der Waals surface area contributed by atoms with Crippen LogP contribution in [0.15, 0.2) is 5.38 Å². The van der Waals surface area contributed by atoms with Gasteiger partial charge in [0.1, 0.15) is 0 Å². The summed E-state index contributed by atoms with van der Waals surface area (Å²) in [5.74, 6) is 0.677. The highest BCUT2D eigenvalue weighted by atomic mass is 35.5. The van der Waals surface area contributed by atoms with Crippen molar-refractivity contribution in [1.29, 1.82) is 0 Å². The normalized spacial score (nSPS) is 19.4. The molecule has 0 aliphatic carbocycles. The zero-order chi connectivity index (χ0) is 13.7. The summed E-state index contributed by atoms with van der Waals surface area (Å²) in [6.07, 6.45) is 3.46. The second-order valence-electron chi connectivity index (χ2n) is 5.16. The SMILES string of the molecule is Cc1csc(NC(=O)CN2CCCC(CCN)C2)n1.Cl. The van der Waals surface area contributed by atoms with Gasteiger partial charge in [-0.05, 0) is 45.2 Å². The van der Waals surface area contributed by atoms with Gasteiger partial charge in [-0.3, -0.25) is 9.69 Å². The van der Waals surface area contributed by atoms with Crippen molar-refractivity contribution < 1.29 is 4.79 Å². The number of anilines is 1. The number of thiazole rings is 1. The van der Waals surface area contributed by atoms with Gasteiger partial charge < -0.3 is 11.1 Å². The van der Waals surface area contributed by atoms with Crippen LogP contribution in [0.5, 0.6) is 0 Å². The molecule has 0 aromatic carbocycles. The number of nitrogens with two attached hydrogens (primary N) is 1. The van der Waals surface area contributed by atoms with Gasteiger partial charge in [0, 0.05) is 11.9 Å². The van der Waals surface area contributed by atoms with Crippen molar-refractivity contribution in [2.75, 3.05) is 31.5 Å². The molecule has 2 rings (SSSR count). The van der Waals surface area contributed by atoms with E-state index in [2.05, 4.69) is 15.2 Å². The summed E-state index contributed by atoms with van der Waals surface area (Å²) >= 11 is 1.47. The zero-order valence-corrected chi connectivity index (χ0v) is 13.4. The maximum Gasteiger partial charge on any atom is 0.240 e. The number of nitrogens with zero attached hydrogens (tertiary/aromatic N) is 2. The number of rotatable bonds is 5. The molecule has 20 heavy (non-hydrogen) atoms. The summed E-state index contributed by atoms with van der Waals surface area (Å²) in [6.45, 7) is 5.11. The fourth-order valence-corrected chi connectivity index (χ4v) is 3.24. The van der Waals surface area contributed by atoms with E-state index in [9.17, 15) is 4.79 Å². The first-order valence-corrected chi connectivity index (χ1v) is 7.69. The Morgan fingerprint density at radius 1 is 1.65 bits per heavy atom. The van der Waals surface area contributed by atoms with Crippen LogP contribution >= 0.6 is 23.7 Å². The number of piperidine rings is 1. The number of aryl methyl sites for hydroxylation is 1. The number of aromatic nitrogens is 1. The highest BCUT2D eigenvalue weighted by molar-refractivity contribution is 7.13. The number of halogens is 1. The Morgan fingerprint density at radius 2 is 2.45 bits per heavy atom. The van der Waals surface area contributed by atoms with Gasteiger partial charge in [-0.2, -0.15) is 0 Å². The fraction of sp³-hybridized carbons (Fsp3) is 0.692. The largest absolute Gasteiger partial charge is 0.330 e. The quantitative estimate of drug-likeness (QED) is 0.869. The van der Waals surface area contributed by atoms with Crippen LogP contribution in [0.1, 0.15) is 25.0 Å². The molecule has 1 aromatic rings. The standard InChI is InChI=1S/C13H22N4OS.ClH/c1-10-9-19-13(15-10)16-12(18)8-17-6-2-3-11(7-17)4-5-14;/h9,11H,2-8,14H2,1H3,(H,15,16,18);1H. The van der Waals surface area contributed by atoms with Crippen molar-refractivity contribution in [1.82, 2.24) is 9.88 Å². The van der Waals surface area contributed by atoms with Crippen LogP contribution in [0.25, 0.3) is 0 Å². The number of carbonyl (C=O) groups is 1. The molecule has 1 fully saturated rings. The third-order valence-electron chi connectivity index (χ3n) is 3.41. The van der Waals surface area contributed by atoms with E-state index in [1.165, 1.54) is 17.8 Å². The Bertz CT molecular complexity index is 424. The Labute approximate surface area is 130 Å². The number of nitrogens with one attached hydrogen (secondary N) is 1. The third-order valence-corrected chi connectivity index (χ3v) is 4.29. The third kappa shape index (κ3) is 5.36. The fourth-order valence-electron chi connectivity index (χ4n) is 2.54. The average molecular weight is 319 g/mol. The molecule has 1 aliphatic heterocycles. The minimum atomic E-state index is 0. The van der Waals surface area contributed by atoms with Crippen LogP contribution in [0.3, 0.4) is 0 Å². The second-order valence-corrected chi connectivity index (χ2v) is 6.02. The average Bonchev–Trinajstić information content (AvgIpc) is 2.75. The predicted molar refractivity (Wildman–Crippen MR) is 85.6 cm³/mol. The smallest absolute Gasteiger partial charge is 0.240 e. The summed E-state index contributed by atoms with van der Waals surface area (Å²) in [6, 6.07) is 0. The van der Waals surface area contributed by atoms with Crippen molar-refractivity contribution in [3.63, 3.8) is 0 Å². The van der Waals surface area contributed by atoms with Gasteiger partial charge in [-0.1, -0.05) is 0 Å². The maximum absolute atomic E-state index is 11.9. The summed E-state index contributed by atoms with van der Waals surface area (Å²) in [5.41, 5.74) is 6.55. The van der Waals surface area contributed by atoms with Crippen molar-refractivity contribution in [3.8, 4) is 0 Å². The Kier molecular flexibility index (Phi) is 7.43. The van der Waals surface area contributed by atoms with Crippen LogP contribution in [0.2, 0.25) is 0 Å². The highest BCUT2D eigenvalue weighted by Crippen LogP contribution is 2.19. The number of likely N-dealkylation sites (tertiary alicyclic amines) is 1. The first-order chi connectivity index (χ1) is 9.17. The van der Waals surface area contributed by atoms with Crippen LogP contribution in [0, 0.1) is 12.8 Å². The van der Waals surface area contributed by atoms with Gasteiger partial charge in [-0.15, -0.1) is 23.7 Å². The van der Waals surface area contributed by atoms with Crippen molar-refractivity contribution >= 4 is 34.8 Å². The Morgan fingerprint density at radius 3 is 3.10 bits per heavy atom. The van der Waals surface area contributed by atoms with Crippen molar-refractivity contribution in [3.05, 3.63) is 11.1 Å².